The van der Waals surface area contributed by atoms with Gasteiger partial charge in [-0.2, -0.15) is 0 Å². The van der Waals surface area contributed by atoms with E-state index in [9.17, 15) is 0 Å². The zero-order chi connectivity index (χ0) is 19.7. The first-order valence-electron chi connectivity index (χ1n) is 14.1. The summed E-state index contributed by atoms with van der Waals surface area (Å²) in [5.74, 6) is 12.5. The van der Waals surface area contributed by atoms with E-state index in [1.54, 1.807) is 25.7 Å². The Kier molecular flexibility index (Phi) is 1.60. The quantitative estimate of drug-likeness (QED) is 0.476. The average Bonchev–Trinajstić information content (AvgIpc) is 3.29. The molecule has 16 bridgehead atoms. The molecule has 0 radical (unpaired) electrons. The first kappa shape index (κ1) is 14.6. The minimum absolute atomic E-state index is 0.733. The van der Waals surface area contributed by atoms with E-state index in [0.29, 0.717) is 0 Å². The molecule has 156 valence electrons. The average molecular weight is 413 g/mol. The molecular weight excluding hydrogens is 384 g/mol. The largest absolute Gasteiger partial charge is 0.0620 e. The first-order valence-corrected chi connectivity index (χ1v) is 14.1. The Balaban J connectivity index is 1.35. The van der Waals surface area contributed by atoms with Crippen molar-refractivity contribution in [1.29, 1.82) is 0 Å². The molecule has 0 N–H and O–H groups in total. The Bertz CT molecular complexity index is 1190. The number of hydrogen-bond donors (Lipinski definition) is 0. The van der Waals surface area contributed by atoms with Crippen LogP contribution in [0.3, 0.4) is 0 Å². The van der Waals surface area contributed by atoms with Crippen molar-refractivity contribution in [3.8, 4) is 0 Å². The third kappa shape index (κ3) is 0.737. The summed E-state index contributed by atoms with van der Waals surface area (Å²) in [7, 11) is 0. The summed E-state index contributed by atoms with van der Waals surface area (Å²) < 4.78 is 0. The van der Waals surface area contributed by atoms with E-state index in [0.717, 1.165) is 92.7 Å². The Hall–Kier alpha value is -1.56. The van der Waals surface area contributed by atoms with Crippen LogP contribution >= 0.6 is 0 Å². The third-order valence-electron chi connectivity index (χ3n) is 16.2. The summed E-state index contributed by atoms with van der Waals surface area (Å²) in [6.07, 6.45) is 6.49. The summed E-state index contributed by atoms with van der Waals surface area (Å²) >= 11 is 0. The maximum Gasteiger partial charge on any atom is -0.00505 e. The van der Waals surface area contributed by atoms with Crippen LogP contribution in [0.2, 0.25) is 0 Å². The van der Waals surface area contributed by atoms with Crippen molar-refractivity contribution in [2.24, 2.45) is 69.0 Å². The minimum atomic E-state index is 0.733. The zero-order valence-electron chi connectivity index (χ0n) is 18.4. The molecule has 16 aliphatic rings. The molecule has 32 heavy (non-hydrogen) atoms. The highest BCUT2D eigenvalue weighted by Crippen LogP contribution is 3.20. The number of rotatable bonds is 0. The second kappa shape index (κ2) is 3.50. The molecular formula is C32H28. The Morgan fingerprint density at radius 3 is 0.969 bits per heavy atom. The summed E-state index contributed by atoms with van der Waals surface area (Å²) in [5.41, 5.74) is 10.5. The van der Waals surface area contributed by atoms with Crippen LogP contribution in [-0.2, 0) is 0 Å². The van der Waals surface area contributed by atoms with Crippen LogP contribution in [0, 0.1) is 69.0 Å². The molecule has 0 nitrogen and oxygen atoms in total. The van der Waals surface area contributed by atoms with Crippen molar-refractivity contribution in [3.05, 3.63) is 70.8 Å². The van der Waals surface area contributed by atoms with Gasteiger partial charge in [-0.15, -0.1) is 0 Å². The lowest BCUT2D eigenvalue weighted by atomic mass is 9.15. The van der Waals surface area contributed by atoms with Crippen LogP contribution in [0.1, 0.15) is 71.6 Å². The van der Waals surface area contributed by atoms with Gasteiger partial charge in [0.2, 0.25) is 0 Å². The van der Waals surface area contributed by atoms with E-state index in [-0.39, 0.29) is 0 Å². The minimum Gasteiger partial charge on any atom is -0.0620 e. The zero-order valence-corrected chi connectivity index (χ0v) is 18.4. The van der Waals surface area contributed by atoms with Crippen molar-refractivity contribution >= 4 is 0 Å². The van der Waals surface area contributed by atoms with Crippen molar-refractivity contribution in [3.63, 3.8) is 0 Å². The standard InChI is InChI=1S/C32H28/c1-2-6-14-13(5-1)25-23-24-26(14)30-18-10-9-17-21-19-11-12-20(22(18)21)32(30)28(24)16-8-4-3-7-15(16)27(23)31(19,32)29(17,25)30/h1-8,17-28H,9-12H2/t17-,18+,19-,20+,21?,22?,23?,24?,25-,26+,27+,28-,29?,30?,31?,32?. The highest BCUT2D eigenvalue weighted by atomic mass is 15.2. The normalized spacial score (nSPS) is 71.8. The molecule has 16 atom stereocenters. The highest BCUT2D eigenvalue weighted by molar-refractivity contribution is 5.74. The van der Waals surface area contributed by atoms with Crippen LogP contribution in [0.15, 0.2) is 48.5 Å². The van der Waals surface area contributed by atoms with Gasteiger partial charge in [0.25, 0.3) is 0 Å². The lowest BCUT2D eigenvalue weighted by Crippen LogP contribution is -2.84. The maximum absolute atomic E-state index is 2.64. The van der Waals surface area contributed by atoms with Crippen LogP contribution < -0.4 is 0 Å². The smallest absolute Gasteiger partial charge is 0.00505 e. The predicted octanol–water partition coefficient (Wildman–Crippen LogP) is 6.31. The van der Waals surface area contributed by atoms with Crippen LogP contribution in [-0.4, -0.2) is 0 Å². The Morgan fingerprint density at radius 2 is 0.688 bits per heavy atom. The molecule has 0 saturated heterocycles. The van der Waals surface area contributed by atoms with Gasteiger partial charge >= 0.3 is 0 Å². The summed E-state index contributed by atoms with van der Waals surface area (Å²) in [6, 6.07) is 20.2. The van der Waals surface area contributed by atoms with E-state index in [4.69, 9.17) is 0 Å². The Labute approximate surface area is 189 Å². The van der Waals surface area contributed by atoms with Crippen molar-refractivity contribution < 1.29 is 0 Å². The lowest BCUT2D eigenvalue weighted by molar-refractivity contribution is -0.384. The number of hydrogen-bond acceptors (Lipinski definition) is 0. The third-order valence-corrected chi connectivity index (χ3v) is 16.2. The van der Waals surface area contributed by atoms with E-state index in [1.807, 2.05) is 22.3 Å². The number of benzene rings is 2. The first-order chi connectivity index (χ1) is 15.9. The van der Waals surface area contributed by atoms with Gasteiger partial charge in [-0.1, -0.05) is 48.5 Å². The van der Waals surface area contributed by atoms with Gasteiger partial charge in [0, 0.05) is 0 Å². The molecule has 2 aromatic rings. The fourth-order valence-corrected chi connectivity index (χ4v) is 18.4. The maximum atomic E-state index is 2.64. The second-order valence-corrected chi connectivity index (χ2v) is 14.5. The molecule has 12 fully saturated rings. The topological polar surface area (TPSA) is 0 Å². The van der Waals surface area contributed by atoms with Gasteiger partial charge in [0.05, 0.1) is 0 Å². The molecule has 0 heterocycles. The monoisotopic (exact) mass is 412 g/mol. The summed E-state index contributed by atoms with van der Waals surface area (Å²) in [5, 5.41) is 0. The van der Waals surface area contributed by atoms with Gasteiger partial charge in [-0.05, 0) is 141 Å². The van der Waals surface area contributed by atoms with Crippen molar-refractivity contribution in [1.82, 2.24) is 0 Å². The van der Waals surface area contributed by atoms with E-state index >= 15 is 0 Å². The molecule has 0 amide bonds. The lowest BCUT2D eigenvalue weighted by Gasteiger charge is -2.87. The molecule has 0 aromatic heterocycles. The number of fused-ring (bicyclic) bond motifs is 2. The van der Waals surface area contributed by atoms with Gasteiger partial charge in [-0.25, -0.2) is 0 Å². The molecule has 0 heteroatoms. The Morgan fingerprint density at radius 1 is 0.406 bits per heavy atom. The van der Waals surface area contributed by atoms with E-state index < -0.39 is 0 Å². The van der Waals surface area contributed by atoms with Crippen LogP contribution in [0.25, 0.3) is 0 Å². The molecule has 8 unspecified atom stereocenters. The second-order valence-electron chi connectivity index (χ2n) is 14.5. The van der Waals surface area contributed by atoms with Crippen molar-refractivity contribution in [2.45, 2.75) is 49.4 Å². The van der Waals surface area contributed by atoms with Gasteiger partial charge < -0.3 is 0 Å². The molecule has 2 aromatic carbocycles. The molecule has 0 aliphatic heterocycles. The van der Waals surface area contributed by atoms with Gasteiger partial charge in [0.15, 0.2) is 0 Å². The van der Waals surface area contributed by atoms with Crippen LogP contribution in [0.4, 0.5) is 0 Å². The fourth-order valence-electron chi connectivity index (χ4n) is 18.4. The van der Waals surface area contributed by atoms with E-state index in [2.05, 4.69) is 48.5 Å². The van der Waals surface area contributed by atoms with Gasteiger partial charge in [-0.3, -0.25) is 0 Å². The predicted molar refractivity (Wildman–Crippen MR) is 120 cm³/mol. The summed E-state index contributed by atoms with van der Waals surface area (Å²) in [6.45, 7) is 0. The SMILES string of the molecule is c1ccc2c(c1)[C@@H]1C3C4[C@H]5c6ccccc6[C@@H]3C36[C@@H]7CC[C@H]8C9C7[C@H]7CC[C@@H]9C([C@@H]24)(C713)C586. The summed E-state index contributed by atoms with van der Waals surface area (Å²) in [4.78, 5) is 0. The molecule has 12 saturated carbocycles. The molecule has 18 rings (SSSR count). The molecule has 4 spiro atoms. The molecule has 16 aliphatic carbocycles. The highest BCUT2D eigenvalue weighted by Gasteiger charge is 3.15. The van der Waals surface area contributed by atoms with Crippen LogP contribution in [0.5, 0.6) is 0 Å². The fraction of sp³-hybridized carbons (Fsp3) is 0.625. The van der Waals surface area contributed by atoms with Gasteiger partial charge in [0.1, 0.15) is 0 Å². The van der Waals surface area contributed by atoms with Crippen molar-refractivity contribution in [2.75, 3.05) is 0 Å². The van der Waals surface area contributed by atoms with E-state index in [1.165, 1.54) is 0 Å².